The molecular formula is C19H19FN2O3. The number of esters is 1. The van der Waals surface area contributed by atoms with Crippen molar-refractivity contribution >= 4 is 17.6 Å². The number of hydrazine groups is 1. The second-order valence-electron chi connectivity index (χ2n) is 5.93. The topological polar surface area (TPSA) is 67.4 Å². The van der Waals surface area contributed by atoms with Crippen molar-refractivity contribution in [3.05, 3.63) is 65.0 Å². The maximum atomic E-state index is 13.1. The quantitative estimate of drug-likeness (QED) is 0.615. The number of hydrogen-bond donors (Lipinski definition) is 2. The van der Waals surface area contributed by atoms with Crippen LogP contribution in [0.15, 0.2) is 42.5 Å². The minimum absolute atomic E-state index is 0.231. The standard InChI is InChI=1S/C19H19FN2O3/c1-2-3-7-17-15-9-8-12(10-16(15)19(24)25-17)18(23)22-21-14-6-4-5-13(20)11-14/h4-6,8-11,17,21H,2-3,7H2,1H3,(H,22,23). The molecule has 0 aliphatic carbocycles. The number of benzene rings is 2. The van der Waals surface area contributed by atoms with Gasteiger partial charge in [0.15, 0.2) is 0 Å². The first-order chi connectivity index (χ1) is 12.1. The Bertz CT molecular complexity index is 807. The highest BCUT2D eigenvalue weighted by Gasteiger charge is 2.31. The lowest BCUT2D eigenvalue weighted by molar-refractivity contribution is 0.0364. The number of ether oxygens (including phenoxy) is 1. The summed E-state index contributed by atoms with van der Waals surface area (Å²) in [6, 6.07) is 10.7. The number of carbonyl (C=O) groups excluding carboxylic acids is 2. The molecule has 1 aliphatic heterocycles. The van der Waals surface area contributed by atoms with Crippen LogP contribution in [0.3, 0.4) is 0 Å². The zero-order valence-electron chi connectivity index (χ0n) is 13.8. The van der Waals surface area contributed by atoms with Crippen LogP contribution in [0.25, 0.3) is 0 Å². The Balaban J connectivity index is 1.70. The van der Waals surface area contributed by atoms with Crippen molar-refractivity contribution in [1.29, 1.82) is 0 Å². The van der Waals surface area contributed by atoms with Gasteiger partial charge in [-0.2, -0.15) is 0 Å². The highest BCUT2D eigenvalue weighted by atomic mass is 19.1. The van der Waals surface area contributed by atoms with Crippen molar-refractivity contribution in [2.24, 2.45) is 0 Å². The zero-order valence-corrected chi connectivity index (χ0v) is 13.8. The number of unbranched alkanes of at least 4 members (excludes halogenated alkanes) is 1. The summed E-state index contributed by atoms with van der Waals surface area (Å²) in [5, 5.41) is 0. The average molecular weight is 342 g/mol. The molecule has 0 fully saturated rings. The van der Waals surface area contributed by atoms with E-state index >= 15 is 0 Å². The molecule has 1 atom stereocenters. The summed E-state index contributed by atoms with van der Waals surface area (Å²) >= 11 is 0. The van der Waals surface area contributed by atoms with Crippen molar-refractivity contribution in [2.75, 3.05) is 5.43 Å². The number of halogens is 1. The highest BCUT2D eigenvalue weighted by Crippen LogP contribution is 2.34. The van der Waals surface area contributed by atoms with Crippen LogP contribution in [0.4, 0.5) is 10.1 Å². The van der Waals surface area contributed by atoms with Gasteiger partial charge in [0.05, 0.1) is 11.3 Å². The molecule has 6 heteroatoms. The molecule has 0 spiro atoms. The van der Waals surface area contributed by atoms with Gasteiger partial charge in [-0.1, -0.05) is 25.5 Å². The van der Waals surface area contributed by atoms with E-state index in [1.807, 2.05) is 0 Å². The van der Waals surface area contributed by atoms with E-state index in [4.69, 9.17) is 4.74 Å². The molecule has 3 rings (SSSR count). The van der Waals surface area contributed by atoms with Crippen molar-refractivity contribution in [2.45, 2.75) is 32.3 Å². The molecule has 130 valence electrons. The minimum Gasteiger partial charge on any atom is -0.454 e. The molecule has 25 heavy (non-hydrogen) atoms. The van der Waals surface area contributed by atoms with Gasteiger partial charge in [0, 0.05) is 11.1 Å². The smallest absolute Gasteiger partial charge is 0.339 e. The largest absolute Gasteiger partial charge is 0.454 e. The van der Waals surface area contributed by atoms with E-state index in [2.05, 4.69) is 17.8 Å². The van der Waals surface area contributed by atoms with Crippen LogP contribution in [0.1, 0.15) is 58.6 Å². The Morgan fingerprint density at radius 3 is 2.84 bits per heavy atom. The van der Waals surface area contributed by atoms with Gasteiger partial charge in [-0.3, -0.25) is 15.6 Å². The van der Waals surface area contributed by atoms with Crippen LogP contribution in [-0.2, 0) is 4.74 Å². The zero-order chi connectivity index (χ0) is 17.8. The van der Waals surface area contributed by atoms with Gasteiger partial charge in [-0.05, 0) is 43.2 Å². The molecule has 0 saturated heterocycles. The number of amides is 1. The predicted octanol–water partition coefficient (Wildman–Crippen LogP) is 3.98. The van der Waals surface area contributed by atoms with E-state index in [-0.39, 0.29) is 6.10 Å². The molecule has 1 heterocycles. The Morgan fingerprint density at radius 2 is 2.08 bits per heavy atom. The Morgan fingerprint density at radius 1 is 1.24 bits per heavy atom. The molecule has 2 N–H and O–H groups in total. The van der Waals surface area contributed by atoms with Crippen LogP contribution in [0.2, 0.25) is 0 Å². The van der Waals surface area contributed by atoms with Crippen molar-refractivity contribution in [3.63, 3.8) is 0 Å². The molecule has 0 radical (unpaired) electrons. The van der Waals surface area contributed by atoms with Gasteiger partial charge in [0.1, 0.15) is 11.9 Å². The molecule has 1 unspecified atom stereocenters. The first-order valence-electron chi connectivity index (χ1n) is 8.25. The molecule has 2 aromatic rings. The Hall–Kier alpha value is -2.89. The lowest BCUT2D eigenvalue weighted by atomic mass is 9.99. The van der Waals surface area contributed by atoms with E-state index in [1.165, 1.54) is 24.3 Å². The van der Waals surface area contributed by atoms with Gasteiger partial charge in [-0.25, -0.2) is 9.18 Å². The fourth-order valence-electron chi connectivity index (χ4n) is 2.78. The molecule has 1 aliphatic rings. The normalized spacial score (nSPS) is 15.4. The van der Waals surface area contributed by atoms with E-state index < -0.39 is 17.7 Å². The molecule has 0 aromatic heterocycles. The second-order valence-corrected chi connectivity index (χ2v) is 5.93. The third-order valence-corrected chi connectivity index (χ3v) is 4.10. The lowest BCUT2D eigenvalue weighted by Crippen LogP contribution is -2.29. The van der Waals surface area contributed by atoms with Gasteiger partial charge in [0.25, 0.3) is 5.91 Å². The molecular weight excluding hydrogens is 323 g/mol. The number of rotatable bonds is 6. The van der Waals surface area contributed by atoms with E-state index in [0.29, 0.717) is 16.8 Å². The number of fused-ring (bicyclic) bond motifs is 1. The van der Waals surface area contributed by atoms with Crippen LogP contribution in [-0.4, -0.2) is 11.9 Å². The van der Waals surface area contributed by atoms with E-state index in [0.717, 1.165) is 24.8 Å². The second kappa shape index (κ2) is 7.34. The van der Waals surface area contributed by atoms with Crippen molar-refractivity contribution in [3.8, 4) is 0 Å². The van der Waals surface area contributed by atoms with E-state index in [1.54, 1.807) is 18.2 Å². The summed E-state index contributed by atoms with van der Waals surface area (Å²) in [4.78, 5) is 24.3. The van der Waals surface area contributed by atoms with Gasteiger partial charge >= 0.3 is 5.97 Å². The van der Waals surface area contributed by atoms with Crippen LogP contribution >= 0.6 is 0 Å². The van der Waals surface area contributed by atoms with Gasteiger partial charge < -0.3 is 4.74 Å². The lowest BCUT2D eigenvalue weighted by Gasteiger charge is -2.10. The number of cyclic esters (lactones) is 1. The van der Waals surface area contributed by atoms with Gasteiger partial charge in [0.2, 0.25) is 0 Å². The molecule has 5 nitrogen and oxygen atoms in total. The average Bonchev–Trinajstić information content (AvgIpc) is 2.93. The molecule has 1 amide bonds. The van der Waals surface area contributed by atoms with E-state index in [9.17, 15) is 14.0 Å². The Kier molecular flexibility index (Phi) is 4.97. The maximum Gasteiger partial charge on any atom is 0.339 e. The van der Waals surface area contributed by atoms with Crippen molar-refractivity contribution in [1.82, 2.24) is 5.43 Å². The fraction of sp³-hybridized carbons (Fsp3) is 0.263. The highest BCUT2D eigenvalue weighted by molar-refractivity contribution is 6.00. The van der Waals surface area contributed by atoms with Crippen LogP contribution in [0, 0.1) is 5.82 Å². The molecule has 0 saturated carbocycles. The first-order valence-corrected chi connectivity index (χ1v) is 8.25. The maximum absolute atomic E-state index is 13.1. The summed E-state index contributed by atoms with van der Waals surface area (Å²) in [6.07, 6.45) is 2.54. The number of hydrogen-bond acceptors (Lipinski definition) is 4. The SMILES string of the molecule is CCCCC1OC(=O)c2cc(C(=O)NNc3cccc(F)c3)ccc21. The fourth-order valence-corrected chi connectivity index (χ4v) is 2.78. The molecule has 0 bridgehead atoms. The monoisotopic (exact) mass is 342 g/mol. The number of anilines is 1. The summed E-state index contributed by atoms with van der Waals surface area (Å²) in [5.41, 5.74) is 7.14. The summed E-state index contributed by atoms with van der Waals surface area (Å²) in [5.74, 6) is -1.22. The summed E-state index contributed by atoms with van der Waals surface area (Å²) < 4.78 is 18.5. The third-order valence-electron chi connectivity index (χ3n) is 4.10. The third kappa shape index (κ3) is 3.79. The first kappa shape index (κ1) is 17.0. The minimum atomic E-state index is -0.420. The molecule has 2 aromatic carbocycles. The number of carbonyl (C=O) groups is 2. The Labute approximate surface area is 145 Å². The predicted molar refractivity (Wildman–Crippen MR) is 91.6 cm³/mol. The van der Waals surface area contributed by atoms with Crippen molar-refractivity contribution < 1.29 is 18.7 Å². The van der Waals surface area contributed by atoms with Crippen LogP contribution < -0.4 is 10.9 Å². The van der Waals surface area contributed by atoms with Crippen LogP contribution in [0.5, 0.6) is 0 Å². The summed E-state index contributed by atoms with van der Waals surface area (Å²) in [6.45, 7) is 2.08. The number of nitrogens with one attached hydrogen (secondary N) is 2. The summed E-state index contributed by atoms with van der Waals surface area (Å²) in [7, 11) is 0. The van der Waals surface area contributed by atoms with Gasteiger partial charge in [-0.15, -0.1) is 0 Å².